The van der Waals surface area contributed by atoms with Gasteiger partial charge in [-0.05, 0) is 31.4 Å². The maximum absolute atomic E-state index is 12.8. The second-order valence-corrected chi connectivity index (χ2v) is 6.69. The number of carbonyl (C=O) groups excluding carboxylic acids is 1. The van der Waals surface area contributed by atoms with E-state index in [9.17, 15) is 4.79 Å². The molecule has 0 aromatic carbocycles. The summed E-state index contributed by atoms with van der Waals surface area (Å²) < 4.78 is 1.82. The Bertz CT molecular complexity index is 1020. The van der Waals surface area contributed by atoms with Gasteiger partial charge in [-0.3, -0.25) is 10.1 Å². The first kappa shape index (κ1) is 15.5. The Hall–Kier alpha value is -3.07. The molecule has 2 N–H and O–H groups in total. The van der Waals surface area contributed by atoms with Crippen LogP contribution in [0.2, 0.25) is 0 Å². The highest BCUT2D eigenvalue weighted by molar-refractivity contribution is 7.13. The molecule has 8 nitrogen and oxygen atoms in total. The summed E-state index contributed by atoms with van der Waals surface area (Å²) >= 11 is 1.57. The lowest BCUT2D eigenvalue weighted by molar-refractivity contribution is 0.102. The zero-order valence-corrected chi connectivity index (χ0v) is 14.4. The summed E-state index contributed by atoms with van der Waals surface area (Å²) in [6.45, 7) is 4.06. The molecule has 4 aromatic rings. The molecule has 4 heterocycles. The third-order valence-electron chi connectivity index (χ3n) is 3.72. The van der Waals surface area contributed by atoms with Gasteiger partial charge in [0.2, 0.25) is 5.95 Å². The van der Waals surface area contributed by atoms with Gasteiger partial charge in [-0.15, -0.1) is 11.3 Å². The van der Waals surface area contributed by atoms with Crippen LogP contribution in [0.5, 0.6) is 0 Å². The monoisotopic (exact) mass is 353 g/mol. The van der Waals surface area contributed by atoms with Gasteiger partial charge in [0.1, 0.15) is 6.33 Å². The summed E-state index contributed by atoms with van der Waals surface area (Å²) in [5, 5.41) is 16.2. The highest BCUT2D eigenvalue weighted by Gasteiger charge is 2.19. The van der Waals surface area contributed by atoms with Gasteiger partial charge in [0.25, 0.3) is 5.91 Å². The van der Waals surface area contributed by atoms with Crippen molar-refractivity contribution >= 4 is 34.2 Å². The normalized spacial score (nSPS) is 11.3. The number of hydrogen-bond donors (Lipinski definition) is 2. The largest absolute Gasteiger partial charge is 0.291 e. The van der Waals surface area contributed by atoms with E-state index < -0.39 is 0 Å². The van der Waals surface area contributed by atoms with E-state index in [4.69, 9.17) is 4.98 Å². The molecular weight excluding hydrogens is 338 g/mol. The van der Waals surface area contributed by atoms with E-state index in [1.807, 2.05) is 36.0 Å². The lowest BCUT2D eigenvalue weighted by atomic mass is 10.1. The number of nitrogens with one attached hydrogen (secondary N) is 2. The SMILES string of the molecule is CC(C)n1ncc2c(C(=O)Nc3ncn[nH]3)cc(-c3cccs3)nc21. The van der Waals surface area contributed by atoms with Crippen molar-refractivity contribution in [3.63, 3.8) is 0 Å². The first-order valence-electron chi connectivity index (χ1n) is 7.72. The van der Waals surface area contributed by atoms with Gasteiger partial charge in [-0.2, -0.15) is 15.2 Å². The average Bonchev–Trinajstić information content (AvgIpc) is 3.34. The topological polar surface area (TPSA) is 101 Å². The van der Waals surface area contributed by atoms with Gasteiger partial charge < -0.3 is 0 Å². The van der Waals surface area contributed by atoms with E-state index in [1.54, 1.807) is 23.6 Å². The van der Waals surface area contributed by atoms with Gasteiger partial charge in [0, 0.05) is 6.04 Å². The van der Waals surface area contributed by atoms with Crippen LogP contribution in [0.25, 0.3) is 21.6 Å². The number of nitrogens with zero attached hydrogens (tertiary/aromatic N) is 5. The summed E-state index contributed by atoms with van der Waals surface area (Å²) in [4.78, 5) is 22.4. The van der Waals surface area contributed by atoms with Gasteiger partial charge in [0.15, 0.2) is 5.65 Å². The van der Waals surface area contributed by atoms with Gasteiger partial charge >= 0.3 is 0 Å². The van der Waals surface area contributed by atoms with E-state index in [0.29, 0.717) is 22.5 Å². The Morgan fingerprint density at radius 3 is 2.96 bits per heavy atom. The summed E-state index contributed by atoms with van der Waals surface area (Å²) in [6.07, 6.45) is 3.02. The molecule has 0 fully saturated rings. The van der Waals surface area contributed by atoms with E-state index in [0.717, 1.165) is 10.6 Å². The first-order chi connectivity index (χ1) is 12.1. The quantitative estimate of drug-likeness (QED) is 0.587. The number of anilines is 1. The number of fused-ring (bicyclic) bond motifs is 1. The minimum atomic E-state index is -0.287. The highest BCUT2D eigenvalue weighted by Crippen LogP contribution is 2.29. The zero-order valence-electron chi connectivity index (χ0n) is 13.6. The molecule has 0 bridgehead atoms. The second-order valence-electron chi connectivity index (χ2n) is 5.74. The van der Waals surface area contributed by atoms with Crippen molar-refractivity contribution in [3.05, 3.63) is 41.7 Å². The molecule has 0 spiro atoms. The van der Waals surface area contributed by atoms with Gasteiger partial charge in [0.05, 0.1) is 27.7 Å². The van der Waals surface area contributed by atoms with Crippen molar-refractivity contribution in [3.8, 4) is 10.6 Å². The predicted octanol–water partition coefficient (Wildman–Crippen LogP) is 3.11. The van der Waals surface area contributed by atoms with Crippen molar-refractivity contribution in [2.24, 2.45) is 0 Å². The Morgan fingerprint density at radius 2 is 2.28 bits per heavy atom. The van der Waals surface area contributed by atoms with E-state index >= 15 is 0 Å². The maximum atomic E-state index is 12.8. The molecule has 1 amide bonds. The van der Waals surface area contributed by atoms with E-state index in [-0.39, 0.29) is 11.9 Å². The van der Waals surface area contributed by atoms with E-state index in [1.165, 1.54) is 6.33 Å². The maximum Gasteiger partial charge on any atom is 0.258 e. The molecule has 0 saturated carbocycles. The van der Waals surface area contributed by atoms with E-state index in [2.05, 4.69) is 25.6 Å². The number of rotatable bonds is 4. The summed E-state index contributed by atoms with van der Waals surface area (Å²) in [5.74, 6) is 0.00847. The van der Waals surface area contributed by atoms with Crippen LogP contribution in [-0.4, -0.2) is 35.9 Å². The van der Waals surface area contributed by atoms with Gasteiger partial charge in [-0.1, -0.05) is 6.07 Å². The van der Waals surface area contributed by atoms with Crippen LogP contribution < -0.4 is 5.32 Å². The molecule has 0 aliphatic carbocycles. The number of pyridine rings is 1. The fraction of sp³-hybridized carbons (Fsp3) is 0.188. The molecular formula is C16H15N7OS. The Balaban J connectivity index is 1.88. The number of aromatic amines is 1. The zero-order chi connectivity index (χ0) is 17.4. The molecule has 4 rings (SSSR count). The summed E-state index contributed by atoms with van der Waals surface area (Å²) in [5.41, 5.74) is 1.92. The van der Waals surface area contributed by atoms with Crippen molar-refractivity contribution in [1.29, 1.82) is 0 Å². The number of hydrogen-bond acceptors (Lipinski definition) is 6. The van der Waals surface area contributed by atoms with Crippen LogP contribution in [0.1, 0.15) is 30.2 Å². The van der Waals surface area contributed by atoms with Gasteiger partial charge in [-0.25, -0.2) is 14.8 Å². The van der Waals surface area contributed by atoms with Crippen LogP contribution in [0.15, 0.2) is 36.1 Å². The van der Waals surface area contributed by atoms with Crippen LogP contribution in [0, 0.1) is 0 Å². The van der Waals surface area contributed by atoms with Crippen LogP contribution in [-0.2, 0) is 0 Å². The van der Waals surface area contributed by atoms with Crippen LogP contribution >= 0.6 is 11.3 Å². The number of amides is 1. The van der Waals surface area contributed by atoms with Crippen molar-refractivity contribution < 1.29 is 4.79 Å². The third kappa shape index (κ3) is 2.78. The molecule has 9 heteroatoms. The van der Waals surface area contributed by atoms with Crippen molar-refractivity contribution in [2.75, 3.05) is 5.32 Å². The second kappa shape index (κ2) is 6.10. The first-order valence-corrected chi connectivity index (χ1v) is 8.60. The molecule has 0 radical (unpaired) electrons. The molecule has 25 heavy (non-hydrogen) atoms. The predicted molar refractivity (Wildman–Crippen MR) is 95.6 cm³/mol. The smallest absolute Gasteiger partial charge is 0.258 e. The number of H-pyrrole nitrogens is 1. The fourth-order valence-electron chi connectivity index (χ4n) is 2.57. The molecule has 126 valence electrons. The standard InChI is InChI=1S/C16H15N7OS/c1-9(2)23-14-11(7-19-23)10(15(24)21-16-17-8-18-22-16)6-12(20-14)13-4-3-5-25-13/h3-9H,1-2H3,(H2,17,18,21,22,24). The number of thiophene rings is 1. The third-order valence-corrected chi connectivity index (χ3v) is 4.61. The molecule has 0 aliphatic heterocycles. The van der Waals surface area contributed by atoms with Crippen LogP contribution in [0.3, 0.4) is 0 Å². The minimum Gasteiger partial charge on any atom is -0.291 e. The Labute approximate surface area is 146 Å². The molecule has 0 atom stereocenters. The lowest BCUT2D eigenvalue weighted by Crippen LogP contribution is -2.14. The average molecular weight is 353 g/mol. The molecule has 0 saturated heterocycles. The molecule has 0 unspecified atom stereocenters. The fourth-order valence-corrected chi connectivity index (χ4v) is 3.26. The molecule has 0 aliphatic rings. The number of aromatic nitrogens is 6. The van der Waals surface area contributed by atoms with Crippen LogP contribution in [0.4, 0.5) is 5.95 Å². The summed E-state index contributed by atoms with van der Waals surface area (Å²) in [6, 6.07) is 5.85. The summed E-state index contributed by atoms with van der Waals surface area (Å²) in [7, 11) is 0. The minimum absolute atomic E-state index is 0.133. The highest BCUT2D eigenvalue weighted by atomic mass is 32.1. The van der Waals surface area contributed by atoms with Crippen molar-refractivity contribution in [1.82, 2.24) is 29.9 Å². The van der Waals surface area contributed by atoms with Crippen molar-refractivity contribution in [2.45, 2.75) is 19.9 Å². The number of carbonyl (C=O) groups is 1. The molecule has 4 aromatic heterocycles. The Kier molecular flexibility index (Phi) is 3.77. The Morgan fingerprint density at radius 1 is 1.40 bits per heavy atom. The lowest BCUT2D eigenvalue weighted by Gasteiger charge is -2.09.